The largest absolute Gasteiger partial charge is 0.274 e. The molecule has 1 rings (SSSR count). The van der Waals surface area contributed by atoms with Crippen LogP contribution in [0.5, 0.6) is 0 Å². The Hall–Kier alpha value is -0.620. The second-order valence-corrected chi connectivity index (χ2v) is 4.75. The predicted octanol–water partition coefficient (Wildman–Crippen LogP) is 0.942. The van der Waals surface area contributed by atoms with Crippen molar-refractivity contribution in [2.45, 2.75) is 13.5 Å². The maximum Gasteiger partial charge on any atom is 0.274 e. The van der Waals surface area contributed by atoms with Crippen LogP contribution in [0.2, 0.25) is 5.02 Å². The number of rotatable bonds is 3. The van der Waals surface area contributed by atoms with Gasteiger partial charge in [0.15, 0.2) is 0 Å². The van der Waals surface area contributed by atoms with Gasteiger partial charge in [0.25, 0.3) is 10.2 Å². The van der Waals surface area contributed by atoms with Crippen LogP contribution in [0.15, 0.2) is 18.2 Å². The molecular formula is C8H11ClN2O2S. The molecule has 0 unspecified atom stereocenters. The Kier molecular flexibility index (Phi) is 3.49. The standard InChI is InChI=1S/C8H11ClN2O2S/c1-6-2-3-7(8(9)4-6)5-11-14(10,12)13/h2-4,11H,5H2,1H3,(H2,10,12,13). The van der Waals surface area contributed by atoms with Crippen molar-refractivity contribution in [3.05, 3.63) is 34.3 Å². The van der Waals surface area contributed by atoms with Crippen molar-refractivity contribution in [2.75, 3.05) is 0 Å². The van der Waals surface area contributed by atoms with Crippen LogP contribution in [-0.2, 0) is 16.8 Å². The van der Waals surface area contributed by atoms with Gasteiger partial charge in [0.2, 0.25) is 0 Å². The lowest BCUT2D eigenvalue weighted by Gasteiger charge is -2.05. The summed E-state index contributed by atoms with van der Waals surface area (Å²) in [5.74, 6) is 0. The summed E-state index contributed by atoms with van der Waals surface area (Å²) >= 11 is 5.88. The molecule has 1 aromatic carbocycles. The Morgan fingerprint density at radius 2 is 2.14 bits per heavy atom. The molecule has 0 fully saturated rings. The average Bonchev–Trinajstić information content (AvgIpc) is 2.00. The van der Waals surface area contributed by atoms with Gasteiger partial charge in [0.05, 0.1) is 0 Å². The topological polar surface area (TPSA) is 72.2 Å². The zero-order valence-corrected chi connectivity index (χ0v) is 9.19. The van der Waals surface area contributed by atoms with Crippen molar-refractivity contribution in [3.63, 3.8) is 0 Å². The number of nitrogens with two attached hydrogens (primary N) is 1. The van der Waals surface area contributed by atoms with E-state index in [0.29, 0.717) is 10.6 Å². The molecule has 0 bridgehead atoms. The lowest BCUT2D eigenvalue weighted by Crippen LogP contribution is -2.30. The third kappa shape index (κ3) is 3.63. The van der Waals surface area contributed by atoms with E-state index in [1.807, 2.05) is 13.0 Å². The molecule has 0 amide bonds. The van der Waals surface area contributed by atoms with Gasteiger partial charge in [0.1, 0.15) is 0 Å². The Morgan fingerprint density at radius 1 is 1.50 bits per heavy atom. The lowest BCUT2D eigenvalue weighted by atomic mass is 10.1. The van der Waals surface area contributed by atoms with Crippen molar-refractivity contribution in [1.29, 1.82) is 0 Å². The molecule has 0 heterocycles. The fourth-order valence-electron chi connectivity index (χ4n) is 0.974. The summed E-state index contributed by atoms with van der Waals surface area (Å²) in [6, 6.07) is 5.38. The Labute approximate surface area is 88.3 Å². The molecule has 0 aliphatic rings. The molecule has 6 heteroatoms. The minimum atomic E-state index is -3.66. The van der Waals surface area contributed by atoms with Gasteiger partial charge in [-0.3, -0.25) is 0 Å². The van der Waals surface area contributed by atoms with Gasteiger partial charge < -0.3 is 0 Å². The second-order valence-electron chi connectivity index (χ2n) is 2.96. The number of halogens is 1. The zero-order valence-electron chi connectivity index (χ0n) is 7.62. The van der Waals surface area contributed by atoms with E-state index in [1.54, 1.807) is 12.1 Å². The molecule has 0 aliphatic carbocycles. The molecule has 0 aliphatic heterocycles. The maximum absolute atomic E-state index is 10.6. The molecule has 0 atom stereocenters. The molecule has 4 nitrogen and oxygen atoms in total. The van der Waals surface area contributed by atoms with E-state index in [1.165, 1.54) is 0 Å². The van der Waals surface area contributed by atoms with Crippen molar-refractivity contribution in [1.82, 2.24) is 4.72 Å². The van der Waals surface area contributed by atoms with E-state index in [4.69, 9.17) is 16.7 Å². The highest BCUT2D eigenvalue weighted by atomic mass is 35.5. The van der Waals surface area contributed by atoms with Gasteiger partial charge in [-0.1, -0.05) is 23.7 Å². The fourth-order valence-corrected chi connectivity index (χ4v) is 1.63. The van der Waals surface area contributed by atoms with Crippen LogP contribution in [-0.4, -0.2) is 8.42 Å². The molecule has 3 N–H and O–H groups in total. The normalized spacial score (nSPS) is 11.6. The first-order valence-electron chi connectivity index (χ1n) is 3.91. The van der Waals surface area contributed by atoms with Gasteiger partial charge in [0, 0.05) is 11.6 Å². The molecule has 0 saturated heterocycles. The van der Waals surface area contributed by atoms with E-state index >= 15 is 0 Å². The SMILES string of the molecule is Cc1ccc(CNS(N)(=O)=O)c(Cl)c1. The summed E-state index contributed by atoms with van der Waals surface area (Å²) in [6.07, 6.45) is 0. The Balaban J connectivity index is 2.78. The summed E-state index contributed by atoms with van der Waals surface area (Å²) < 4.78 is 23.4. The molecule has 78 valence electrons. The number of hydrogen-bond donors (Lipinski definition) is 2. The third-order valence-electron chi connectivity index (χ3n) is 1.67. The minimum absolute atomic E-state index is 0.109. The predicted molar refractivity (Wildman–Crippen MR) is 56.1 cm³/mol. The van der Waals surface area contributed by atoms with Crippen molar-refractivity contribution in [2.24, 2.45) is 5.14 Å². The summed E-state index contributed by atoms with van der Waals surface area (Å²) in [7, 11) is -3.66. The number of benzene rings is 1. The second kappa shape index (κ2) is 4.27. The van der Waals surface area contributed by atoms with E-state index in [9.17, 15) is 8.42 Å². The highest BCUT2D eigenvalue weighted by Crippen LogP contribution is 2.17. The van der Waals surface area contributed by atoms with E-state index in [0.717, 1.165) is 5.56 Å². The van der Waals surface area contributed by atoms with Crippen LogP contribution in [0, 0.1) is 6.92 Å². The highest BCUT2D eigenvalue weighted by molar-refractivity contribution is 7.87. The van der Waals surface area contributed by atoms with Crippen LogP contribution >= 0.6 is 11.6 Å². The number of nitrogens with one attached hydrogen (secondary N) is 1. The fraction of sp³-hybridized carbons (Fsp3) is 0.250. The van der Waals surface area contributed by atoms with E-state index in [-0.39, 0.29) is 6.54 Å². The lowest BCUT2D eigenvalue weighted by molar-refractivity contribution is 0.583. The molecule has 0 spiro atoms. The van der Waals surface area contributed by atoms with E-state index in [2.05, 4.69) is 4.72 Å². The summed E-state index contributed by atoms with van der Waals surface area (Å²) in [5.41, 5.74) is 1.72. The summed E-state index contributed by atoms with van der Waals surface area (Å²) in [4.78, 5) is 0. The van der Waals surface area contributed by atoms with Crippen LogP contribution in [0.3, 0.4) is 0 Å². The summed E-state index contributed by atoms with van der Waals surface area (Å²) in [6.45, 7) is 2.01. The molecular weight excluding hydrogens is 224 g/mol. The van der Waals surface area contributed by atoms with Crippen molar-refractivity contribution >= 4 is 21.8 Å². The molecule has 14 heavy (non-hydrogen) atoms. The maximum atomic E-state index is 10.6. The highest BCUT2D eigenvalue weighted by Gasteiger charge is 2.04. The van der Waals surface area contributed by atoms with Crippen molar-refractivity contribution < 1.29 is 8.42 Å². The van der Waals surface area contributed by atoms with Gasteiger partial charge in [-0.05, 0) is 24.1 Å². The molecule has 0 saturated carbocycles. The monoisotopic (exact) mass is 234 g/mol. The first kappa shape index (κ1) is 11.5. The molecule has 0 radical (unpaired) electrons. The smallest absolute Gasteiger partial charge is 0.216 e. The molecule has 0 aromatic heterocycles. The first-order chi connectivity index (χ1) is 6.38. The van der Waals surface area contributed by atoms with Crippen LogP contribution in [0.25, 0.3) is 0 Å². The first-order valence-corrected chi connectivity index (χ1v) is 5.83. The van der Waals surface area contributed by atoms with Gasteiger partial charge in [-0.2, -0.15) is 13.1 Å². The summed E-state index contributed by atoms with van der Waals surface area (Å²) in [5, 5.41) is 5.31. The zero-order chi connectivity index (χ0) is 10.8. The van der Waals surface area contributed by atoms with Gasteiger partial charge in [-0.25, -0.2) is 5.14 Å². The Morgan fingerprint density at radius 3 is 2.64 bits per heavy atom. The number of aryl methyl sites for hydroxylation is 1. The van der Waals surface area contributed by atoms with Crippen LogP contribution < -0.4 is 9.86 Å². The van der Waals surface area contributed by atoms with Crippen LogP contribution in [0.1, 0.15) is 11.1 Å². The van der Waals surface area contributed by atoms with E-state index < -0.39 is 10.2 Å². The Bertz CT molecular complexity index is 431. The third-order valence-corrected chi connectivity index (χ3v) is 2.57. The number of hydrogen-bond acceptors (Lipinski definition) is 2. The van der Waals surface area contributed by atoms with Crippen molar-refractivity contribution in [3.8, 4) is 0 Å². The van der Waals surface area contributed by atoms with Crippen LogP contribution in [0.4, 0.5) is 0 Å². The van der Waals surface area contributed by atoms with Gasteiger partial charge >= 0.3 is 0 Å². The quantitative estimate of drug-likeness (QED) is 0.817. The molecule has 1 aromatic rings. The van der Waals surface area contributed by atoms with Gasteiger partial charge in [-0.15, -0.1) is 0 Å². The minimum Gasteiger partial charge on any atom is -0.216 e. The average molecular weight is 235 g/mol.